The number of aryl methyl sites for hydroxylation is 2. The van der Waals surface area contributed by atoms with Gasteiger partial charge in [-0.05, 0) is 36.6 Å². The van der Waals surface area contributed by atoms with Gasteiger partial charge in [-0.3, -0.25) is 9.78 Å². The highest BCUT2D eigenvalue weighted by Gasteiger charge is 2.31. The van der Waals surface area contributed by atoms with Crippen molar-refractivity contribution in [3.05, 3.63) is 65.0 Å². The van der Waals surface area contributed by atoms with Gasteiger partial charge in [0.15, 0.2) is 0 Å². The molecule has 0 saturated carbocycles. The third-order valence-corrected chi connectivity index (χ3v) is 4.11. The summed E-state index contributed by atoms with van der Waals surface area (Å²) in [5, 5.41) is 0. The van der Waals surface area contributed by atoms with E-state index in [1.807, 2.05) is 24.1 Å². The van der Waals surface area contributed by atoms with Gasteiger partial charge >= 0.3 is 0 Å². The highest BCUT2D eigenvalue weighted by molar-refractivity contribution is 5.78. The molecule has 0 spiro atoms. The minimum absolute atomic E-state index is 0.0279. The van der Waals surface area contributed by atoms with Crippen LogP contribution in [-0.4, -0.2) is 29.0 Å². The van der Waals surface area contributed by atoms with E-state index in [-0.39, 0.29) is 18.6 Å². The molecule has 4 heteroatoms. The molecule has 0 N–H and O–H groups in total. The van der Waals surface area contributed by atoms with Crippen molar-refractivity contribution in [1.82, 2.24) is 9.88 Å². The van der Waals surface area contributed by atoms with E-state index >= 15 is 0 Å². The first-order valence-electron chi connectivity index (χ1n) is 7.48. The molecule has 1 aliphatic heterocycles. The summed E-state index contributed by atoms with van der Waals surface area (Å²) in [6.45, 7) is 5.37. The van der Waals surface area contributed by atoms with Crippen molar-refractivity contribution in [3.8, 4) is 0 Å². The predicted molar refractivity (Wildman–Crippen MR) is 84.3 cm³/mol. The minimum atomic E-state index is -0.0729. The largest absolute Gasteiger partial charge is 0.369 e. The molecule has 4 nitrogen and oxygen atoms in total. The zero-order valence-corrected chi connectivity index (χ0v) is 13.0. The summed E-state index contributed by atoms with van der Waals surface area (Å²) in [5.41, 5.74) is 4.54. The van der Waals surface area contributed by atoms with Crippen LogP contribution in [0.1, 0.15) is 28.3 Å². The van der Waals surface area contributed by atoms with Crippen molar-refractivity contribution in [2.45, 2.75) is 26.4 Å². The minimum Gasteiger partial charge on any atom is -0.369 e. The second-order valence-corrected chi connectivity index (χ2v) is 5.77. The Morgan fingerprint density at radius 2 is 2.00 bits per heavy atom. The Balaban J connectivity index is 1.89. The van der Waals surface area contributed by atoms with Crippen LogP contribution in [0.5, 0.6) is 0 Å². The quantitative estimate of drug-likeness (QED) is 0.874. The Kier molecular flexibility index (Phi) is 4.20. The lowest BCUT2D eigenvalue weighted by molar-refractivity contribution is -0.149. The molecule has 2 heterocycles. The van der Waals surface area contributed by atoms with E-state index in [0.29, 0.717) is 13.2 Å². The van der Waals surface area contributed by atoms with Crippen LogP contribution in [0, 0.1) is 13.8 Å². The van der Waals surface area contributed by atoms with Crippen molar-refractivity contribution >= 4 is 5.91 Å². The number of aromatic nitrogens is 1. The third-order valence-electron chi connectivity index (χ3n) is 4.11. The smallest absolute Gasteiger partial charge is 0.249 e. The molecule has 1 atom stereocenters. The number of nitrogens with zero attached hydrogens (tertiary/aromatic N) is 2. The fourth-order valence-corrected chi connectivity index (χ4v) is 2.78. The maximum absolute atomic E-state index is 12.3. The van der Waals surface area contributed by atoms with E-state index in [1.165, 1.54) is 5.56 Å². The first-order chi connectivity index (χ1) is 10.6. The van der Waals surface area contributed by atoms with Crippen LogP contribution in [0.3, 0.4) is 0 Å². The van der Waals surface area contributed by atoms with Gasteiger partial charge in [0.2, 0.25) is 5.91 Å². The van der Waals surface area contributed by atoms with Crippen molar-refractivity contribution in [2.75, 3.05) is 13.2 Å². The summed E-state index contributed by atoms with van der Waals surface area (Å²) in [5.74, 6) is 0.0279. The maximum Gasteiger partial charge on any atom is 0.249 e. The van der Waals surface area contributed by atoms with Crippen molar-refractivity contribution in [3.63, 3.8) is 0 Å². The second kappa shape index (κ2) is 6.28. The highest BCUT2D eigenvalue weighted by Crippen LogP contribution is 2.28. The summed E-state index contributed by atoms with van der Waals surface area (Å²) < 4.78 is 5.47. The standard InChI is InChI=1S/C18H20N2O2/c1-13-3-5-15(6-4-13)10-20-17(11-22-12-18(20)21)16-9-19-8-7-14(16)2/h3-9,17H,10-12H2,1-2H3. The first-order valence-corrected chi connectivity index (χ1v) is 7.48. The molecular weight excluding hydrogens is 276 g/mol. The molecule has 1 aliphatic rings. The molecule has 1 unspecified atom stereocenters. The molecule has 1 aromatic heterocycles. The third kappa shape index (κ3) is 3.02. The summed E-state index contributed by atoms with van der Waals surface area (Å²) in [7, 11) is 0. The van der Waals surface area contributed by atoms with Crippen molar-refractivity contribution in [1.29, 1.82) is 0 Å². The summed E-state index contributed by atoms with van der Waals surface area (Å²) >= 11 is 0. The Morgan fingerprint density at radius 3 is 2.73 bits per heavy atom. The monoisotopic (exact) mass is 296 g/mol. The van der Waals surface area contributed by atoms with Crippen molar-refractivity contribution < 1.29 is 9.53 Å². The molecule has 1 fully saturated rings. The molecule has 1 amide bonds. The number of carbonyl (C=O) groups is 1. The van der Waals surface area contributed by atoms with E-state index in [4.69, 9.17) is 4.74 Å². The number of rotatable bonds is 3. The molecule has 0 radical (unpaired) electrons. The number of pyridine rings is 1. The maximum atomic E-state index is 12.3. The first kappa shape index (κ1) is 14.7. The van der Waals surface area contributed by atoms with E-state index in [2.05, 4.69) is 36.2 Å². The molecule has 3 rings (SSSR count). The lowest BCUT2D eigenvalue weighted by atomic mass is 10.0. The van der Waals surface area contributed by atoms with E-state index in [1.54, 1.807) is 6.20 Å². The second-order valence-electron chi connectivity index (χ2n) is 5.77. The number of morpholine rings is 1. The number of benzene rings is 1. The van der Waals surface area contributed by atoms with Crippen LogP contribution in [-0.2, 0) is 16.1 Å². The Bertz CT molecular complexity index is 667. The van der Waals surface area contributed by atoms with Gasteiger partial charge in [-0.1, -0.05) is 29.8 Å². The molecule has 114 valence electrons. The van der Waals surface area contributed by atoms with Crippen LogP contribution in [0.2, 0.25) is 0 Å². The van der Waals surface area contributed by atoms with Crippen LogP contribution < -0.4 is 0 Å². The Morgan fingerprint density at radius 1 is 1.23 bits per heavy atom. The van der Waals surface area contributed by atoms with Crippen molar-refractivity contribution in [2.24, 2.45) is 0 Å². The van der Waals surface area contributed by atoms with E-state index < -0.39 is 0 Å². The Hall–Kier alpha value is -2.20. The SMILES string of the molecule is Cc1ccc(CN2C(=O)COCC2c2cnccc2C)cc1. The molecule has 0 bridgehead atoms. The molecular formula is C18H20N2O2. The normalized spacial score (nSPS) is 18.5. The average molecular weight is 296 g/mol. The van der Waals surface area contributed by atoms with Gasteiger partial charge in [0.05, 0.1) is 12.6 Å². The zero-order chi connectivity index (χ0) is 15.5. The van der Waals surface area contributed by atoms with E-state index in [9.17, 15) is 4.79 Å². The van der Waals surface area contributed by atoms with Gasteiger partial charge in [0.25, 0.3) is 0 Å². The number of hydrogen-bond donors (Lipinski definition) is 0. The number of carbonyl (C=O) groups excluding carboxylic acids is 1. The summed E-state index contributed by atoms with van der Waals surface area (Å²) in [4.78, 5) is 18.4. The fourth-order valence-electron chi connectivity index (χ4n) is 2.78. The van der Waals surface area contributed by atoms with Gasteiger partial charge in [-0.25, -0.2) is 0 Å². The molecule has 2 aromatic rings. The van der Waals surface area contributed by atoms with Crippen LogP contribution in [0.25, 0.3) is 0 Å². The van der Waals surface area contributed by atoms with Gasteiger partial charge in [-0.15, -0.1) is 0 Å². The summed E-state index contributed by atoms with van der Waals surface area (Å²) in [6, 6.07) is 10.2. The summed E-state index contributed by atoms with van der Waals surface area (Å²) in [6.07, 6.45) is 3.61. The average Bonchev–Trinajstić information content (AvgIpc) is 2.52. The molecule has 22 heavy (non-hydrogen) atoms. The fraction of sp³-hybridized carbons (Fsp3) is 0.333. The van der Waals surface area contributed by atoms with Crippen LogP contribution >= 0.6 is 0 Å². The number of amides is 1. The van der Waals surface area contributed by atoms with Gasteiger partial charge in [0.1, 0.15) is 6.61 Å². The predicted octanol–water partition coefficient (Wildman–Crippen LogP) is 2.80. The molecule has 1 aromatic carbocycles. The van der Waals surface area contributed by atoms with Gasteiger partial charge < -0.3 is 9.64 Å². The number of hydrogen-bond acceptors (Lipinski definition) is 3. The van der Waals surface area contributed by atoms with Gasteiger partial charge in [-0.2, -0.15) is 0 Å². The molecule has 1 saturated heterocycles. The van der Waals surface area contributed by atoms with E-state index in [0.717, 1.165) is 16.7 Å². The molecule has 0 aliphatic carbocycles. The van der Waals surface area contributed by atoms with Crippen LogP contribution in [0.15, 0.2) is 42.7 Å². The topological polar surface area (TPSA) is 42.4 Å². The highest BCUT2D eigenvalue weighted by atomic mass is 16.5. The zero-order valence-electron chi connectivity index (χ0n) is 13.0. The van der Waals surface area contributed by atoms with Crippen LogP contribution in [0.4, 0.5) is 0 Å². The lowest BCUT2D eigenvalue weighted by Crippen LogP contribution is -2.43. The Labute approximate surface area is 130 Å². The van der Waals surface area contributed by atoms with Gasteiger partial charge in [0, 0.05) is 18.9 Å². The lowest BCUT2D eigenvalue weighted by Gasteiger charge is -2.36. The number of ether oxygens (including phenoxy) is 1.